The third kappa shape index (κ3) is 2.29. The Kier molecular flexibility index (Phi) is 2.33. The van der Waals surface area contributed by atoms with Gasteiger partial charge < -0.3 is 5.32 Å². The monoisotopic (exact) mass is 155 g/mol. The smallest absolute Gasteiger partial charge is 0.146 e. The summed E-state index contributed by atoms with van der Waals surface area (Å²) in [4.78, 5) is 11.1. The Balaban J connectivity index is 2.53. The Morgan fingerprint density at radius 1 is 1.45 bits per heavy atom. The van der Waals surface area contributed by atoms with Gasteiger partial charge in [-0.2, -0.15) is 0 Å². The van der Waals surface area contributed by atoms with Crippen molar-refractivity contribution in [2.24, 2.45) is 11.3 Å². The molecule has 0 aromatic rings. The molecule has 1 saturated heterocycles. The van der Waals surface area contributed by atoms with Crippen LogP contribution in [-0.2, 0) is 4.79 Å². The van der Waals surface area contributed by atoms with E-state index in [1.54, 1.807) is 0 Å². The molecule has 0 amide bonds. The van der Waals surface area contributed by atoms with Gasteiger partial charge in [0, 0.05) is 6.42 Å². The fraction of sp³-hybridized carbons (Fsp3) is 0.889. The molecule has 1 N–H and O–H groups in total. The minimum atomic E-state index is 0.267. The highest BCUT2D eigenvalue weighted by Crippen LogP contribution is 2.29. The topological polar surface area (TPSA) is 29.1 Å². The van der Waals surface area contributed by atoms with Crippen molar-refractivity contribution in [3.8, 4) is 0 Å². The average Bonchev–Trinajstić information content (AvgIpc) is 1.86. The summed E-state index contributed by atoms with van der Waals surface area (Å²) >= 11 is 0. The first-order valence-electron chi connectivity index (χ1n) is 4.22. The molecule has 1 atom stereocenters. The standard InChI is InChI=1S/C9H17NO/c1-9(2,3)7-4-8(11)6-10-5-7/h7,10H,4-6H2,1-3H3. The zero-order chi connectivity index (χ0) is 8.48. The first-order chi connectivity index (χ1) is 5.00. The van der Waals surface area contributed by atoms with Crippen molar-refractivity contribution in [1.29, 1.82) is 0 Å². The van der Waals surface area contributed by atoms with Gasteiger partial charge in [0.15, 0.2) is 0 Å². The van der Waals surface area contributed by atoms with Gasteiger partial charge >= 0.3 is 0 Å². The highest BCUT2D eigenvalue weighted by molar-refractivity contribution is 5.81. The molecule has 0 aromatic heterocycles. The van der Waals surface area contributed by atoms with E-state index in [4.69, 9.17) is 0 Å². The van der Waals surface area contributed by atoms with Crippen LogP contribution in [0.3, 0.4) is 0 Å². The van der Waals surface area contributed by atoms with E-state index in [9.17, 15) is 4.79 Å². The average molecular weight is 155 g/mol. The molecule has 0 radical (unpaired) electrons. The Hall–Kier alpha value is -0.370. The lowest BCUT2D eigenvalue weighted by atomic mass is 9.76. The quantitative estimate of drug-likeness (QED) is 0.569. The van der Waals surface area contributed by atoms with E-state index >= 15 is 0 Å². The molecule has 0 aliphatic carbocycles. The van der Waals surface area contributed by atoms with Gasteiger partial charge in [-0.25, -0.2) is 0 Å². The van der Waals surface area contributed by atoms with Crippen LogP contribution in [0.4, 0.5) is 0 Å². The third-order valence-corrected chi connectivity index (χ3v) is 2.41. The molecule has 1 rings (SSSR count). The molecule has 1 heterocycles. The number of Topliss-reactive ketones (excluding diaryl/α,β-unsaturated/α-hetero) is 1. The van der Waals surface area contributed by atoms with Crippen molar-refractivity contribution < 1.29 is 4.79 Å². The third-order valence-electron chi connectivity index (χ3n) is 2.41. The maximum atomic E-state index is 11.1. The lowest BCUT2D eigenvalue weighted by molar-refractivity contribution is -0.121. The lowest BCUT2D eigenvalue weighted by Crippen LogP contribution is -2.41. The highest BCUT2D eigenvalue weighted by Gasteiger charge is 2.29. The van der Waals surface area contributed by atoms with E-state index in [1.165, 1.54) is 0 Å². The Morgan fingerprint density at radius 3 is 2.45 bits per heavy atom. The molecule has 1 aliphatic rings. The van der Waals surface area contributed by atoms with Gasteiger partial charge in [-0.15, -0.1) is 0 Å². The van der Waals surface area contributed by atoms with Crippen LogP contribution in [0.25, 0.3) is 0 Å². The number of hydrogen-bond donors (Lipinski definition) is 1. The molecule has 1 fully saturated rings. The van der Waals surface area contributed by atoms with Crippen molar-refractivity contribution in [1.82, 2.24) is 5.32 Å². The zero-order valence-electron chi connectivity index (χ0n) is 7.61. The summed E-state index contributed by atoms with van der Waals surface area (Å²) in [6, 6.07) is 0. The van der Waals surface area contributed by atoms with Crippen LogP contribution in [0.15, 0.2) is 0 Å². The molecule has 0 spiro atoms. The Labute approximate surface area is 68.4 Å². The van der Waals surface area contributed by atoms with Gasteiger partial charge in [0.25, 0.3) is 0 Å². The van der Waals surface area contributed by atoms with Gasteiger partial charge in [0.2, 0.25) is 0 Å². The zero-order valence-corrected chi connectivity index (χ0v) is 7.61. The molecule has 0 saturated carbocycles. The van der Waals surface area contributed by atoms with Crippen molar-refractivity contribution in [3.63, 3.8) is 0 Å². The number of carbonyl (C=O) groups excluding carboxylic acids is 1. The van der Waals surface area contributed by atoms with Gasteiger partial charge in [0.1, 0.15) is 5.78 Å². The van der Waals surface area contributed by atoms with Gasteiger partial charge in [-0.3, -0.25) is 4.79 Å². The predicted molar refractivity (Wildman–Crippen MR) is 45.4 cm³/mol. The fourth-order valence-electron chi connectivity index (χ4n) is 1.42. The van der Waals surface area contributed by atoms with Crippen LogP contribution < -0.4 is 5.32 Å². The summed E-state index contributed by atoms with van der Waals surface area (Å²) in [5, 5.41) is 3.14. The number of carbonyl (C=O) groups is 1. The van der Waals surface area contributed by atoms with E-state index in [2.05, 4.69) is 26.1 Å². The van der Waals surface area contributed by atoms with Gasteiger partial charge in [-0.1, -0.05) is 20.8 Å². The SMILES string of the molecule is CC(C)(C)C1CNCC(=O)C1. The maximum Gasteiger partial charge on any atom is 0.146 e. The molecule has 0 aromatic carbocycles. The molecule has 11 heavy (non-hydrogen) atoms. The number of ketones is 1. The van der Waals surface area contributed by atoms with E-state index in [1.807, 2.05) is 0 Å². The first-order valence-corrected chi connectivity index (χ1v) is 4.22. The highest BCUT2D eigenvalue weighted by atomic mass is 16.1. The molecule has 0 bridgehead atoms. The fourth-order valence-corrected chi connectivity index (χ4v) is 1.42. The maximum absolute atomic E-state index is 11.1. The number of hydrogen-bond acceptors (Lipinski definition) is 2. The Bertz CT molecular complexity index is 157. The number of piperidine rings is 1. The summed E-state index contributed by atoms with van der Waals surface area (Å²) < 4.78 is 0. The van der Waals surface area contributed by atoms with Crippen LogP contribution in [0, 0.1) is 11.3 Å². The van der Waals surface area contributed by atoms with Crippen LogP contribution in [0.5, 0.6) is 0 Å². The minimum absolute atomic E-state index is 0.267. The predicted octanol–water partition coefficient (Wildman–Crippen LogP) is 1.21. The Morgan fingerprint density at radius 2 is 2.09 bits per heavy atom. The van der Waals surface area contributed by atoms with E-state index in [-0.39, 0.29) is 5.41 Å². The summed E-state index contributed by atoms with van der Waals surface area (Å²) in [6.45, 7) is 8.15. The molecular formula is C9H17NO. The second kappa shape index (κ2) is 2.94. The van der Waals surface area contributed by atoms with Crippen LogP contribution in [-0.4, -0.2) is 18.9 Å². The summed E-state index contributed by atoms with van der Waals surface area (Å²) in [7, 11) is 0. The second-order valence-electron chi connectivity index (χ2n) is 4.44. The van der Waals surface area contributed by atoms with E-state index in [0.29, 0.717) is 18.2 Å². The van der Waals surface area contributed by atoms with Crippen LogP contribution >= 0.6 is 0 Å². The van der Waals surface area contributed by atoms with E-state index in [0.717, 1.165) is 13.0 Å². The van der Waals surface area contributed by atoms with E-state index < -0.39 is 0 Å². The number of nitrogens with one attached hydrogen (secondary N) is 1. The first kappa shape index (κ1) is 8.72. The van der Waals surface area contributed by atoms with Crippen molar-refractivity contribution >= 4 is 5.78 Å². The summed E-state index contributed by atoms with van der Waals surface area (Å²) in [6.07, 6.45) is 0.760. The molecule has 2 heteroatoms. The minimum Gasteiger partial charge on any atom is -0.310 e. The summed E-state index contributed by atoms with van der Waals surface area (Å²) in [5.74, 6) is 0.875. The number of rotatable bonds is 0. The van der Waals surface area contributed by atoms with Gasteiger partial charge in [0.05, 0.1) is 6.54 Å². The largest absolute Gasteiger partial charge is 0.310 e. The second-order valence-corrected chi connectivity index (χ2v) is 4.44. The van der Waals surface area contributed by atoms with Gasteiger partial charge in [-0.05, 0) is 17.9 Å². The molecule has 2 nitrogen and oxygen atoms in total. The molecular weight excluding hydrogens is 138 g/mol. The van der Waals surface area contributed by atoms with Crippen molar-refractivity contribution in [2.75, 3.05) is 13.1 Å². The molecule has 64 valence electrons. The van der Waals surface area contributed by atoms with Crippen LogP contribution in [0.2, 0.25) is 0 Å². The molecule has 1 aliphatic heterocycles. The summed E-state index contributed by atoms with van der Waals surface area (Å²) in [5.41, 5.74) is 0.267. The molecule has 1 unspecified atom stereocenters. The normalized spacial score (nSPS) is 27.2. The van der Waals surface area contributed by atoms with Crippen molar-refractivity contribution in [2.45, 2.75) is 27.2 Å². The van der Waals surface area contributed by atoms with Crippen LogP contribution in [0.1, 0.15) is 27.2 Å². The van der Waals surface area contributed by atoms with Crippen molar-refractivity contribution in [3.05, 3.63) is 0 Å². The lowest BCUT2D eigenvalue weighted by Gasteiger charge is -2.33.